The first-order valence-electron chi connectivity index (χ1n) is 2.70. The van der Waals surface area contributed by atoms with Gasteiger partial charge in [-0.2, -0.15) is 0 Å². The molecule has 0 saturated carbocycles. The Morgan fingerprint density at radius 2 is 1.89 bits per heavy atom. The lowest BCUT2D eigenvalue weighted by atomic mass is 10.1. The maximum absolute atomic E-state index is 10.7. The van der Waals surface area contributed by atoms with Gasteiger partial charge in [0.1, 0.15) is 7.11 Å². The standard InChI is InChI=1S/C5H12N2O2/c1-5(2,3)7(8)6-9-4/h1-4H3/b7-6-. The molecule has 0 amide bonds. The largest absolute Gasteiger partial charge is 0.597 e. The van der Waals surface area contributed by atoms with Crippen molar-refractivity contribution >= 4 is 0 Å². The van der Waals surface area contributed by atoms with Crippen LogP contribution in [0.15, 0.2) is 5.28 Å². The third-order valence-electron chi connectivity index (χ3n) is 0.730. The van der Waals surface area contributed by atoms with Crippen molar-refractivity contribution in [2.45, 2.75) is 26.3 Å². The van der Waals surface area contributed by atoms with Crippen molar-refractivity contribution in [1.29, 1.82) is 0 Å². The van der Waals surface area contributed by atoms with Crippen molar-refractivity contribution in [3.63, 3.8) is 0 Å². The third kappa shape index (κ3) is 2.90. The number of hydrogen-bond donors (Lipinski definition) is 0. The van der Waals surface area contributed by atoms with Gasteiger partial charge in [0.25, 0.3) is 0 Å². The molecule has 0 heterocycles. The molecule has 4 nitrogen and oxygen atoms in total. The van der Waals surface area contributed by atoms with Gasteiger partial charge in [-0.15, -0.1) is 0 Å². The highest BCUT2D eigenvalue weighted by atomic mass is 16.7. The highest BCUT2D eigenvalue weighted by Gasteiger charge is 2.20. The smallest absolute Gasteiger partial charge is 0.200 e. The minimum absolute atomic E-state index is 0.504. The van der Waals surface area contributed by atoms with Gasteiger partial charge >= 0.3 is 0 Å². The van der Waals surface area contributed by atoms with Crippen LogP contribution >= 0.6 is 0 Å². The normalized spacial score (nSPS) is 13.6. The average Bonchev–Trinajstić information content (AvgIpc) is 1.64. The predicted molar refractivity (Wildman–Crippen MR) is 32.8 cm³/mol. The Morgan fingerprint density at radius 1 is 1.44 bits per heavy atom. The first-order chi connectivity index (χ1) is 3.98. The second kappa shape index (κ2) is 2.66. The zero-order valence-electron chi connectivity index (χ0n) is 6.21. The maximum Gasteiger partial charge on any atom is 0.200 e. The molecule has 0 bridgehead atoms. The van der Waals surface area contributed by atoms with Crippen LogP contribution in [-0.2, 0) is 4.84 Å². The Bertz CT molecular complexity index is 115. The molecule has 0 aromatic carbocycles. The number of rotatable bonds is 1. The summed E-state index contributed by atoms with van der Waals surface area (Å²) in [6, 6.07) is 0. The van der Waals surface area contributed by atoms with Gasteiger partial charge in [0.05, 0.1) is 0 Å². The van der Waals surface area contributed by atoms with Crippen LogP contribution in [0.1, 0.15) is 20.8 Å². The number of hydrogen-bond acceptors (Lipinski definition) is 3. The quantitative estimate of drug-likeness (QED) is 0.307. The van der Waals surface area contributed by atoms with Crippen molar-refractivity contribution in [3.05, 3.63) is 5.21 Å². The molecule has 0 saturated heterocycles. The fraction of sp³-hybridized carbons (Fsp3) is 1.00. The molecule has 0 aliphatic heterocycles. The lowest BCUT2D eigenvalue weighted by Gasteiger charge is -2.12. The van der Waals surface area contributed by atoms with E-state index in [1.54, 1.807) is 20.8 Å². The molecule has 0 rings (SSSR count). The van der Waals surface area contributed by atoms with Gasteiger partial charge in [-0.05, 0) is 0 Å². The van der Waals surface area contributed by atoms with Gasteiger partial charge in [0, 0.05) is 20.8 Å². The Kier molecular flexibility index (Phi) is 2.42. The summed E-state index contributed by atoms with van der Waals surface area (Å²) in [5, 5.41) is 13.9. The average molecular weight is 132 g/mol. The molecule has 0 fully saturated rings. The Hall–Kier alpha value is -0.800. The van der Waals surface area contributed by atoms with Crippen LogP contribution in [0.2, 0.25) is 0 Å². The van der Waals surface area contributed by atoms with Gasteiger partial charge in [0.2, 0.25) is 0 Å². The van der Waals surface area contributed by atoms with E-state index >= 15 is 0 Å². The first kappa shape index (κ1) is 8.20. The molecule has 0 aliphatic carbocycles. The molecule has 4 heteroatoms. The SMILES string of the molecule is CO/N=[N+](\[O-])C(C)(C)C. The minimum atomic E-state index is -0.504. The summed E-state index contributed by atoms with van der Waals surface area (Å²) in [6.45, 7) is 5.26. The van der Waals surface area contributed by atoms with Crippen molar-refractivity contribution < 1.29 is 9.70 Å². The third-order valence-corrected chi connectivity index (χ3v) is 0.730. The lowest BCUT2D eigenvalue weighted by Crippen LogP contribution is -2.27. The van der Waals surface area contributed by atoms with Crippen LogP contribution in [0.25, 0.3) is 0 Å². The van der Waals surface area contributed by atoms with Crippen LogP contribution in [0.3, 0.4) is 0 Å². The highest BCUT2D eigenvalue weighted by molar-refractivity contribution is 4.53. The maximum atomic E-state index is 10.7. The molecule has 0 aromatic rings. The van der Waals surface area contributed by atoms with E-state index in [1.807, 2.05) is 0 Å². The Morgan fingerprint density at radius 3 is 2.00 bits per heavy atom. The Balaban J connectivity index is 4.03. The van der Waals surface area contributed by atoms with Crippen LogP contribution in [-0.4, -0.2) is 17.5 Å². The molecule has 0 aromatic heterocycles. The molecule has 9 heavy (non-hydrogen) atoms. The summed E-state index contributed by atoms with van der Waals surface area (Å²) in [6.07, 6.45) is 0. The van der Waals surface area contributed by atoms with Crippen LogP contribution in [0.4, 0.5) is 0 Å². The molecule has 0 spiro atoms. The van der Waals surface area contributed by atoms with Crippen LogP contribution in [0, 0.1) is 5.21 Å². The minimum Gasteiger partial charge on any atom is -0.597 e. The van der Waals surface area contributed by atoms with Gasteiger partial charge in [-0.1, -0.05) is 4.86 Å². The van der Waals surface area contributed by atoms with Crippen molar-refractivity contribution in [3.8, 4) is 0 Å². The van der Waals surface area contributed by atoms with E-state index in [4.69, 9.17) is 0 Å². The summed E-state index contributed by atoms with van der Waals surface area (Å²) >= 11 is 0. The summed E-state index contributed by atoms with van der Waals surface area (Å²) in [5.41, 5.74) is -0.504. The topological polar surface area (TPSA) is 47.7 Å². The second-order valence-electron chi connectivity index (χ2n) is 2.71. The van der Waals surface area contributed by atoms with Crippen LogP contribution < -0.4 is 0 Å². The van der Waals surface area contributed by atoms with Gasteiger partial charge < -0.3 is 10.0 Å². The molecule has 0 aliphatic rings. The fourth-order valence-electron chi connectivity index (χ4n) is 0.197. The van der Waals surface area contributed by atoms with E-state index in [1.165, 1.54) is 7.11 Å². The van der Waals surface area contributed by atoms with E-state index < -0.39 is 5.54 Å². The highest BCUT2D eigenvalue weighted by Crippen LogP contribution is 2.05. The summed E-state index contributed by atoms with van der Waals surface area (Å²) < 4.78 is 0. The zero-order valence-corrected chi connectivity index (χ0v) is 6.21. The van der Waals surface area contributed by atoms with E-state index in [9.17, 15) is 5.21 Å². The molecule has 0 N–H and O–H groups in total. The summed E-state index contributed by atoms with van der Waals surface area (Å²) in [7, 11) is 1.34. The number of hydroxylamine groups is 1. The molecule has 0 radical (unpaired) electrons. The van der Waals surface area contributed by atoms with Gasteiger partial charge in [-0.3, -0.25) is 0 Å². The predicted octanol–water partition coefficient (Wildman–Crippen LogP) is 1.31. The second-order valence-corrected chi connectivity index (χ2v) is 2.71. The lowest BCUT2D eigenvalue weighted by molar-refractivity contribution is -0.621. The fourth-order valence-corrected chi connectivity index (χ4v) is 0.197. The van der Waals surface area contributed by atoms with Gasteiger partial charge in [-0.25, -0.2) is 0 Å². The summed E-state index contributed by atoms with van der Waals surface area (Å²) in [5.74, 6) is 0. The summed E-state index contributed by atoms with van der Waals surface area (Å²) in [4.78, 5) is 4.79. The van der Waals surface area contributed by atoms with Gasteiger partial charge in [0.15, 0.2) is 10.8 Å². The Labute approximate surface area is 54.7 Å². The zero-order chi connectivity index (χ0) is 7.49. The first-order valence-corrected chi connectivity index (χ1v) is 2.70. The van der Waals surface area contributed by atoms with E-state index in [-0.39, 0.29) is 0 Å². The van der Waals surface area contributed by atoms with Crippen LogP contribution in [0.5, 0.6) is 0 Å². The number of nitrogens with zero attached hydrogens (tertiary/aromatic N) is 2. The monoisotopic (exact) mass is 132 g/mol. The van der Waals surface area contributed by atoms with E-state index in [0.717, 1.165) is 0 Å². The molecule has 0 unspecified atom stereocenters. The van der Waals surface area contributed by atoms with Crippen molar-refractivity contribution in [2.75, 3.05) is 7.11 Å². The molecular formula is C5H12N2O2. The van der Waals surface area contributed by atoms with Crippen molar-refractivity contribution in [2.24, 2.45) is 5.28 Å². The molecule has 54 valence electrons. The molecule has 0 atom stereocenters. The van der Waals surface area contributed by atoms with E-state index in [2.05, 4.69) is 10.1 Å². The molecular weight excluding hydrogens is 120 g/mol. The van der Waals surface area contributed by atoms with Crippen molar-refractivity contribution in [1.82, 2.24) is 0 Å². The van der Waals surface area contributed by atoms with E-state index in [0.29, 0.717) is 4.86 Å².